The zero-order valence-electron chi connectivity index (χ0n) is 6.44. The van der Waals surface area contributed by atoms with E-state index in [1.165, 1.54) is 0 Å². The SMILES string of the molecule is CNC(=O)C1(C)CCCO1. The quantitative estimate of drug-likeness (QED) is 0.573. The molecule has 3 heteroatoms. The number of carbonyl (C=O) groups excluding carboxylic acids is 1. The molecule has 1 amide bonds. The minimum atomic E-state index is -0.547. The number of amides is 1. The first-order valence-corrected chi connectivity index (χ1v) is 3.55. The Balaban J connectivity index is 2.58. The van der Waals surface area contributed by atoms with Crippen molar-refractivity contribution in [3.8, 4) is 0 Å². The van der Waals surface area contributed by atoms with Gasteiger partial charge in [0, 0.05) is 13.7 Å². The van der Waals surface area contributed by atoms with Crippen LogP contribution in [0.4, 0.5) is 0 Å². The molecule has 0 aromatic rings. The zero-order chi connectivity index (χ0) is 7.61. The van der Waals surface area contributed by atoms with Crippen LogP contribution in [0.1, 0.15) is 19.8 Å². The van der Waals surface area contributed by atoms with Gasteiger partial charge in [-0.15, -0.1) is 0 Å². The molecule has 0 saturated carbocycles. The highest BCUT2D eigenvalue weighted by Crippen LogP contribution is 2.24. The first-order valence-electron chi connectivity index (χ1n) is 3.55. The van der Waals surface area contributed by atoms with Gasteiger partial charge in [0.05, 0.1) is 0 Å². The van der Waals surface area contributed by atoms with Crippen LogP contribution in [0.25, 0.3) is 0 Å². The standard InChI is InChI=1S/C7H13NO2/c1-7(6(9)8-2)4-3-5-10-7/h3-5H2,1-2H3,(H,8,9). The van der Waals surface area contributed by atoms with Gasteiger partial charge in [0.1, 0.15) is 5.60 Å². The molecule has 0 aromatic carbocycles. The fraction of sp³-hybridized carbons (Fsp3) is 0.857. The second-order valence-corrected chi connectivity index (χ2v) is 2.76. The molecule has 1 rings (SSSR count). The number of nitrogens with one attached hydrogen (secondary N) is 1. The zero-order valence-corrected chi connectivity index (χ0v) is 6.44. The van der Waals surface area contributed by atoms with Crippen LogP contribution in [0.2, 0.25) is 0 Å². The van der Waals surface area contributed by atoms with Crippen molar-refractivity contribution in [2.45, 2.75) is 25.4 Å². The first kappa shape index (κ1) is 7.54. The van der Waals surface area contributed by atoms with Gasteiger partial charge in [-0.1, -0.05) is 0 Å². The van der Waals surface area contributed by atoms with Gasteiger partial charge in [-0.2, -0.15) is 0 Å². The molecule has 0 radical (unpaired) electrons. The van der Waals surface area contributed by atoms with Gasteiger partial charge >= 0.3 is 0 Å². The Bertz CT molecular complexity index is 139. The lowest BCUT2D eigenvalue weighted by Crippen LogP contribution is -2.42. The van der Waals surface area contributed by atoms with Crippen molar-refractivity contribution in [2.24, 2.45) is 0 Å². The normalized spacial score (nSPS) is 32.2. The molecule has 0 aromatic heterocycles. The van der Waals surface area contributed by atoms with E-state index in [0.717, 1.165) is 12.8 Å². The molecular weight excluding hydrogens is 130 g/mol. The molecule has 1 heterocycles. The topological polar surface area (TPSA) is 38.3 Å². The summed E-state index contributed by atoms with van der Waals surface area (Å²) in [5.41, 5.74) is -0.547. The number of carbonyl (C=O) groups is 1. The maximum absolute atomic E-state index is 11.1. The Hall–Kier alpha value is -0.570. The molecule has 0 spiro atoms. The van der Waals surface area contributed by atoms with Gasteiger partial charge in [-0.05, 0) is 19.8 Å². The van der Waals surface area contributed by atoms with Crippen LogP contribution in [0.3, 0.4) is 0 Å². The van der Waals surface area contributed by atoms with E-state index in [1.54, 1.807) is 7.05 Å². The van der Waals surface area contributed by atoms with E-state index in [0.29, 0.717) is 6.61 Å². The summed E-state index contributed by atoms with van der Waals surface area (Å²) in [5, 5.41) is 2.58. The summed E-state index contributed by atoms with van der Waals surface area (Å²) in [6, 6.07) is 0. The molecule has 58 valence electrons. The fourth-order valence-corrected chi connectivity index (χ4v) is 1.22. The molecule has 0 aliphatic carbocycles. The van der Waals surface area contributed by atoms with Crippen LogP contribution in [0.5, 0.6) is 0 Å². The van der Waals surface area contributed by atoms with Crippen molar-refractivity contribution in [3.05, 3.63) is 0 Å². The largest absolute Gasteiger partial charge is 0.365 e. The molecule has 10 heavy (non-hydrogen) atoms. The second kappa shape index (κ2) is 2.58. The number of hydrogen-bond acceptors (Lipinski definition) is 2. The van der Waals surface area contributed by atoms with E-state index in [9.17, 15) is 4.79 Å². The molecule has 1 atom stereocenters. The summed E-state index contributed by atoms with van der Waals surface area (Å²) in [7, 11) is 1.63. The molecule has 1 unspecified atom stereocenters. The average Bonchev–Trinajstić information content (AvgIpc) is 2.36. The lowest BCUT2D eigenvalue weighted by molar-refractivity contribution is -0.138. The molecule has 1 saturated heterocycles. The Labute approximate surface area is 60.7 Å². The highest BCUT2D eigenvalue weighted by atomic mass is 16.5. The maximum atomic E-state index is 11.1. The molecule has 1 fully saturated rings. The number of ether oxygens (including phenoxy) is 1. The monoisotopic (exact) mass is 143 g/mol. The fourth-order valence-electron chi connectivity index (χ4n) is 1.22. The van der Waals surface area contributed by atoms with E-state index in [2.05, 4.69) is 5.32 Å². The van der Waals surface area contributed by atoms with Crippen LogP contribution in [-0.4, -0.2) is 25.2 Å². The summed E-state index contributed by atoms with van der Waals surface area (Å²) in [6.45, 7) is 2.54. The summed E-state index contributed by atoms with van der Waals surface area (Å²) in [4.78, 5) is 11.1. The number of rotatable bonds is 1. The maximum Gasteiger partial charge on any atom is 0.251 e. The Morgan fingerprint density at radius 2 is 2.40 bits per heavy atom. The van der Waals surface area contributed by atoms with Crippen LogP contribution in [0, 0.1) is 0 Å². The Kier molecular flexibility index (Phi) is 1.94. The van der Waals surface area contributed by atoms with E-state index in [4.69, 9.17) is 4.74 Å². The van der Waals surface area contributed by atoms with Gasteiger partial charge in [0.25, 0.3) is 5.91 Å². The Morgan fingerprint density at radius 1 is 1.70 bits per heavy atom. The van der Waals surface area contributed by atoms with Crippen LogP contribution < -0.4 is 5.32 Å². The second-order valence-electron chi connectivity index (χ2n) is 2.76. The van der Waals surface area contributed by atoms with Crippen molar-refractivity contribution < 1.29 is 9.53 Å². The summed E-state index contributed by atoms with van der Waals surface area (Å²) >= 11 is 0. The van der Waals surface area contributed by atoms with Crippen molar-refractivity contribution in [1.29, 1.82) is 0 Å². The summed E-state index contributed by atoms with van der Waals surface area (Å²) < 4.78 is 5.28. The Morgan fingerprint density at radius 3 is 2.80 bits per heavy atom. The predicted octanol–water partition coefficient (Wildman–Crippen LogP) is 0.301. The minimum absolute atomic E-state index is 0.00926. The molecule has 0 bridgehead atoms. The smallest absolute Gasteiger partial charge is 0.251 e. The highest BCUT2D eigenvalue weighted by molar-refractivity contribution is 5.84. The molecule has 1 aliphatic rings. The van der Waals surface area contributed by atoms with Crippen molar-refractivity contribution in [2.75, 3.05) is 13.7 Å². The van der Waals surface area contributed by atoms with Gasteiger partial charge in [-0.25, -0.2) is 0 Å². The number of likely N-dealkylation sites (N-methyl/N-ethyl adjacent to an activating group) is 1. The van der Waals surface area contributed by atoms with Gasteiger partial charge in [0.2, 0.25) is 0 Å². The lowest BCUT2D eigenvalue weighted by Gasteiger charge is -2.19. The van der Waals surface area contributed by atoms with E-state index < -0.39 is 5.60 Å². The van der Waals surface area contributed by atoms with E-state index in [1.807, 2.05) is 6.92 Å². The third-order valence-corrected chi connectivity index (χ3v) is 1.93. The van der Waals surface area contributed by atoms with E-state index >= 15 is 0 Å². The average molecular weight is 143 g/mol. The lowest BCUT2D eigenvalue weighted by atomic mass is 10.0. The van der Waals surface area contributed by atoms with Gasteiger partial charge in [0.15, 0.2) is 0 Å². The molecule has 1 aliphatic heterocycles. The summed E-state index contributed by atoms with van der Waals surface area (Å²) in [5.74, 6) is -0.00926. The summed E-state index contributed by atoms with van der Waals surface area (Å²) in [6.07, 6.45) is 1.83. The third-order valence-electron chi connectivity index (χ3n) is 1.93. The van der Waals surface area contributed by atoms with E-state index in [-0.39, 0.29) is 5.91 Å². The van der Waals surface area contributed by atoms with Crippen molar-refractivity contribution >= 4 is 5.91 Å². The van der Waals surface area contributed by atoms with Gasteiger partial charge < -0.3 is 10.1 Å². The van der Waals surface area contributed by atoms with Crippen LogP contribution in [0.15, 0.2) is 0 Å². The first-order chi connectivity index (χ1) is 4.69. The van der Waals surface area contributed by atoms with Crippen molar-refractivity contribution in [1.82, 2.24) is 5.32 Å². The number of hydrogen-bond donors (Lipinski definition) is 1. The van der Waals surface area contributed by atoms with Crippen LogP contribution in [-0.2, 0) is 9.53 Å². The molecular formula is C7H13NO2. The van der Waals surface area contributed by atoms with Crippen molar-refractivity contribution in [3.63, 3.8) is 0 Å². The minimum Gasteiger partial charge on any atom is -0.365 e. The molecule has 3 nitrogen and oxygen atoms in total. The third kappa shape index (κ3) is 1.14. The van der Waals surface area contributed by atoms with Crippen LogP contribution >= 0.6 is 0 Å². The molecule has 1 N–H and O–H groups in total. The predicted molar refractivity (Wildman–Crippen MR) is 37.7 cm³/mol. The van der Waals surface area contributed by atoms with Gasteiger partial charge in [-0.3, -0.25) is 4.79 Å². The highest BCUT2D eigenvalue weighted by Gasteiger charge is 2.36.